The summed E-state index contributed by atoms with van der Waals surface area (Å²) in [6.45, 7) is -0.364. The number of nitrogens with zero attached hydrogens (tertiary/aromatic N) is 3. The SMILES string of the molecule is O=C1c2ccccc2C(=O)N1CN(C(=O)c1sc2cc([N+](=O)[O-])ccc2c1Cl)c1ccc(Cl)cc1. The Balaban J connectivity index is 1.57. The van der Waals surface area contributed by atoms with Gasteiger partial charge >= 0.3 is 0 Å². The number of hydrogen-bond acceptors (Lipinski definition) is 6. The molecule has 0 saturated heterocycles. The molecule has 0 atom stereocenters. The lowest BCUT2D eigenvalue weighted by Gasteiger charge is -2.27. The fourth-order valence-electron chi connectivity index (χ4n) is 3.82. The van der Waals surface area contributed by atoms with Crippen LogP contribution in [0.3, 0.4) is 0 Å². The Bertz CT molecular complexity index is 1520. The Morgan fingerprint density at radius 3 is 2.20 bits per heavy atom. The van der Waals surface area contributed by atoms with Crippen molar-refractivity contribution in [3.63, 3.8) is 0 Å². The summed E-state index contributed by atoms with van der Waals surface area (Å²) >= 11 is 13.5. The number of halogens is 2. The molecule has 0 radical (unpaired) electrons. The molecule has 1 aliphatic heterocycles. The number of anilines is 1. The summed E-state index contributed by atoms with van der Waals surface area (Å²) in [7, 11) is 0. The molecule has 35 heavy (non-hydrogen) atoms. The molecule has 11 heteroatoms. The van der Waals surface area contributed by atoms with Gasteiger partial charge in [0.05, 0.1) is 21.1 Å². The number of rotatable bonds is 5. The lowest BCUT2D eigenvalue weighted by atomic mass is 10.1. The highest BCUT2D eigenvalue weighted by molar-refractivity contribution is 7.21. The van der Waals surface area contributed by atoms with Crippen LogP contribution in [0.5, 0.6) is 0 Å². The molecule has 3 amide bonds. The Hall–Kier alpha value is -3.79. The quantitative estimate of drug-likeness (QED) is 0.180. The van der Waals surface area contributed by atoms with Gasteiger partial charge in [-0.25, -0.2) is 0 Å². The second-order valence-electron chi connectivity index (χ2n) is 7.62. The van der Waals surface area contributed by atoms with Crippen LogP contribution in [0.4, 0.5) is 11.4 Å². The average molecular weight is 526 g/mol. The number of benzene rings is 3. The zero-order valence-electron chi connectivity index (χ0n) is 17.6. The lowest BCUT2D eigenvalue weighted by molar-refractivity contribution is -0.384. The van der Waals surface area contributed by atoms with Crippen molar-refractivity contribution in [2.75, 3.05) is 11.6 Å². The van der Waals surface area contributed by atoms with Gasteiger partial charge in [-0.05, 0) is 42.5 Å². The molecule has 174 valence electrons. The summed E-state index contributed by atoms with van der Waals surface area (Å²) in [5.41, 5.74) is 0.770. The molecule has 0 fully saturated rings. The fourth-order valence-corrected chi connectivity index (χ4v) is 5.44. The molecule has 0 aliphatic carbocycles. The van der Waals surface area contributed by atoms with Crippen LogP contribution in [0.25, 0.3) is 10.1 Å². The van der Waals surface area contributed by atoms with Crippen molar-refractivity contribution in [1.29, 1.82) is 0 Å². The van der Waals surface area contributed by atoms with Gasteiger partial charge in [0, 0.05) is 32.9 Å². The maximum atomic E-state index is 13.7. The van der Waals surface area contributed by atoms with Gasteiger partial charge < -0.3 is 0 Å². The number of hydrogen-bond donors (Lipinski definition) is 0. The number of non-ortho nitro benzene ring substituents is 1. The Kier molecular flexibility index (Phi) is 5.76. The predicted octanol–water partition coefficient (Wildman–Crippen LogP) is 6.02. The molecular weight excluding hydrogens is 513 g/mol. The molecule has 2 heterocycles. The topological polar surface area (TPSA) is 101 Å². The van der Waals surface area contributed by atoms with Gasteiger partial charge in [-0.2, -0.15) is 0 Å². The van der Waals surface area contributed by atoms with Crippen molar-refractivity contribution >= 4 is 73.7 Å². The highest BCUT2D eigenvalue weighted by Crippen LogP contribution is 2.39. The summed E-state index contributed by atoms with van der Waals surface area (Å²) in [5.74, 6) is -1.61. The number of thiophene rings is 1. The monoisotopic (exact) mass is 525 g/mol. The standard InChI is InChI=1S/C24H13Cl2N3O5S/c25-13-5-7-14(8-6-13)27(12-28-22(30)16-3-1-2-4-17(16)23(28)31)24(32)21-20(26)18-10-9-15(29(33)34)11-19(18)35-21/h1-11H,12H2. The number of nitro benzene ring substituents is 1. The van der Waals surface area contributed by atoms with Gasteiger partial charge in [-0.15, -0.1) is 11.3 Å². The molecule has 0 spiro atoms. The number of amides is 3. The van der Waals surface area contributed by atoms with Crippen LogP contribution in [0.15, 0.2) is 66.7 Å². The maximum absolute atomic E-state index is 13.7. The fraction of sp³-hybridized carbons (Fsp3) is 0.0417. The maximum Gasteiger partial charge on any atom is 0.271 e. The van der Waals surface area contributed by atoms with Crippen molar-refractivity contribution < 1.29 is 19.3 Å². The molecule has 8 nitrogen and oxygen atoms in total. The van der Waals surface area contributed by atoms with Gasteiger partial charge in [0.2, 0.25) is 0 Å². The van der Waals surface area contributed by atoms with E-state index < -0.39 is 22.6 Å². The van der Waals surface area contributed by atoms with E-state index in [1.807, 2.05) is 0 Å². The molecule has 0 N–H and O–H groups in total. The van der Waals surface area contributed by atoms with Crippen LogP contribution in [0.1, 0.15) is 30.4 Å². The van der Waals surface area contributed by atoms with Crippen LogP contribution in [0.2, 0.25) is 10.0 Å². The highest BCUT2D eigenvalue weighted by atomic mass is 35.5. The lowest BCUT2D eigenvalue weighted by Crippen LogP contribution is -2.44. The van der Waals surface area contributed by atoms with Crippen molar-refractivity contribution in [2.45, 2.75) is 0 Å². The van der Waals surface area contributed by atoms with E-state index in [1.54, 1.807) is 48.5 Å². The van der Waals surface area contributed by atoms with Gasteiger partial charge in [0.25, 0.3) is 23.4 Å². The second kappa shape index (κ2) is 8.77. The third-order valence-corrected chi connectivity index (χ3v) is 7.46. The van der Waals surface area contributed by atoms with Crippen molar-refractivity contribution in [1.82, 2.24) is 4.90 Å². The predicted molar refractivity (Wildman–Crippen MR) is 134 cm³/mol. The van der Waals surface area contributed by atoms with E-state index in [9.17, 15) is 24.5 Å². The second-order valence-corrected chi connectivity index (χ2v) is 9.48. The molecule has 0 unspecified atom stereocenters. The molecule has 5 rings (SSSR count). The minimum absolute atomic E-state index is 0.119. The van der Waals surface area contributed by atoms with E-state index in [4.69, 9.17) is 23.2 Å². The van der Waals surface area contributed by atoms with Gasteiger partial charge in [0.15, 0.2) is 0 Å². The highest BCUT2D eigenvalue weighted by Gasteiger charge is 2.38. The average Bonchev–Trinajstić information content (AvgIpc) is 3.31. The van der Waals surface area contributed by atoms with Crippen molar-refractivity contribution in [3.8, 4) is 0 Å². The van der Waals surface area contributed by atoms with E-state index in [0.717, 1.165) is 16.2 Å². The summed E-state index contributed by atoms with van der Waals surface area (Å²) in [6.07, 6.45) is 0. The molecule has 1 aromatic heterocycles. The van der Waals surface area contributed by atoms with Gasteiger partial charge in [0.1, 0.15) is 11.5 Å². The first-order valence-electron chi connectivity index (χ1n) is 10.2. The largest absolute Gasteiger partial charge is 0.289 e. The van der Waals surface area contributed by atoms with Gasteiger partial charge in [-0.1, -0.05) is 35.3 Å². The number of imide groups is 1. The van der Waals surface area contributed by atoms with Gasteiger partial charge in [-0.3, -0.25) is 34.3 Å². The summed E-state index contributed by atoms with van der Waals surface area (Å²) in [4.78, 5) is 52.7. The Labute approximate surface area is 212 Å². The Morgan fingerprint density at radius 2 is 1.60 bits per heavy atom. The van der Waals surface area contributed by atoms with Crippen LogP contribution < -0.4 is 4.90 Å². The minimum Gasteiger partial charge on any atom is -0.289 e. The molecular formula is C24H13Cl2N3O5S. The molecule has 4 aromatic rings. The third-order valence-electron chi connectivity index (χ3n) is 5.56. The first-order chi connectivity index (χ1) is 16.8. The first-order valence-corrected chi connectivity index (χ1v) is 11.7. The number of carbonyl (C=O) groups is 3. The van der Waals surface area contributed by atoms with E-state index >= 15 is 0 Å². The van der Waals surface area contributed by atoms with Crippen molar-refractivity contribution in [2.24, 2.45) is 0 Å². The smallest absolute Gasteiger partial charge is 0.271 e. The third kappa shape index (κ3) is 3.93. The molecule has 1 aliphatic rings. The number of nitro groups is 1. The molecule has 3 aromatic carbocycles. The number of carbonyl (C=O) groups excluding carboxylic acids is 3. The molecule has 0 saturated carbocycles. The van der Waals surface area contributed by atoms with Crippen molar-refractivity contribution in [3.05, 3.63) is 103 Å². The Morgan fingerprint density at radius 1 is 0.971 bits per heavy atom. The van der Waals surface area contributed by atoms with Crippen LogP contribution >= 0.6 is 34.5 Å². The normalized spacial score (nSPS) is 12.8. The van der Waals surface area contributed by atoms with Crippen LogP contribution in [-0.4, -0.2) is 34.2 Å². The zero-order valence-corrected chi connectivity index (χ0v) is 19.9. The van der Waals surface area contributed by atoms with E-state index in [2.05, 4.69) is 0 Å². The van der Waals surface area contributed by atoms with E-state index in [-0.39, 0.29) is 33.4 Å². The van der Waals surface area contributed by atoms with Crippen LogP contribution in [0, 0.1) is 10.1 Å². The zero-order chi connectivity index (χ0) is 24.9. The number of fused-ring (bicyclic) bond motifs is 2. The summed E-state index contributed by atoms with van der Waals surface area (Å²) < 4.78 is 0.462. The van der Waals surface area contributed by atoms with E-state index in [1.165, 1.54) is 23.1 Å². The van der Waals surface area contributed by atoms with E-state index in [0.29, 0.717) is 20.8 Å². The summed E-state index contributed by atoms with van der Waals surface area (Å²) in [5, 5.41) is 12.2. The molecule has 0 bridgehead atoms. The minimum atomic E-state index is -0.572. The summed E-state index contributed by atoms with van der Waals surface area (Å²) in [6, 6.07) is 16.9. The first kappa shape index (κ1) is 23.0. The van der Waals surface area contributed by atoms with Crippen LogP contribution in [-0.2, 0) is 0 Å².